The van der Waals surface area contributed by atoms with Crippen LogP contribution in [0.1, 0.15) is 11.3 Å². The van der Waals surface area contributed by atoms with Gasteiger partial charge in [-0.2, -0.15) is 5.26 Å². The summed E-state index contributed by atoms with van der Waals surface area (Å²) in [4.78, 5) is 0. The van der Waals surface area contributed by atoms with Crippen LogP contribution < -0.4 is 4.74 Å². The maximum atomic E-state index is 13.6. The summed E-state index contributed by atoms with van der Waals surface area (Å²) >= 11 is 0. The normalized spacial score (nSPS) is 10.1. The first-order chi connectivity index (χ1) is 8.69. The Morgan fingerprint density at radius 3 is 2.83 bits per heavy atom. The summed E-state index contributed by atoms with van der Waals surface area (Å²) in [5, 5.41) is 21.3. The van der Waals surface area contributed by atoms with Crippen molar-refractivity contribution in [2.24, 2.45) is 0 Å². The number of nitriles is 1. The molecule has 0 radical (unpaired) electrons. The standard InChI is InChI=1S/C12H9FN2O3/c1-17-11-3-7(2-8(5-14)12(11)13)10-4-9(6-16)15-18-10/h2-4,16H,6H2,1H3. The lowest BCUT2D eigenvalue weighted by Gasteiger charge is -2.05. The van der Waals surface area contributed by atoms with E-state index in [1.54, 1.807) is 6.07 Å². The van der Waals surface area contributed by atoms with Gasteiger partial charge in [0.25, 0.3) is 0 Å². The smallest absolute Gasteiger partial charge is 0.182 e. The predicted molar refractivity (Wildman–Crippen MR) is 59.1 cm³/mol. The minimum Gasteiger partial charge on any atom is -0.494 e. The molecular weight excluding hydrogens is 239 g/mol. The molecule has 0 atom stereocenters. The molecule has 0 amide bonds. The summed E-state index contributed by atoms with van der Waals surface area (Å²) < 4.78 is 23.4. The molecule has 0 bridgehead atoms. The molecule has 1 aromatic heterocycles. The number of hydrogen-bond acceptors (Lipinski definition) is 5. The van der Waals surface area contributed by atoms with Gasteiger partial charge in [0, 0.05) is 11.6 Å². The van der Waals surface area contributed by atoms with Crippen LogP contribution >= 0.6 is 0 Å². The Morgan fingerprint density at radius 1 is 1.50 bits per heavy atom. The average Bonchev–Trinajstić information content (AvgIpc) is 2.88. The van der Waals surface area contributed by atoms with Crippen LogP contribution in [0.5, 0.6) is 5.75 Å². The molecule has 1 aromatic carbocycles. The highest BCUT2D eigenvalue weighted by Gasteiger charge is 2.14. The average molecular weight is 248 g/mol. The first-order valence-corrected chi connectivity index (χ1v) is 5.04. The Morgan fingerprint density at radius 2 is 2.28 bits per heavy atom. The summed E-state index contributed by atoms with van der Waals surface area (Å²) in [6.07, 6.45) is 0. The third-order valence-electron chi connectivity index (χ3n) is 2.39. The Hall–Kier alpha value is -2.39. The molecule has 0 aliphatic heterocycles. The second kappa shape index (κ2) is 4.85. The largest absolute Gasteiger partial charge is 0.494 e. The number of halogens is 1. The van der Waals surface area contributed by atoms with Crippen molar-refractivity contribution in [2.45, 2.75) is 6.61 Å². The van der Waals surface area contributed by atoms with E-state index in [0.717, 1.165) is 0 Å². The monoisotopic (exact) mass is 248 g/mol. The van der Waals surface area contributed by atoms with Gasteiger partial charge in [-0.3, -0.25) is 0 Å². The lowest BCUT2D eigenvalue weighted by molar-refractivity contribution is 0.267. The molecule has 0 aliphatic rings. The van der Waals surface area contributed by atoms with Gasteiger partial charge in [-0.1, -0.05) is 5.16 Å². The Labute approximate surface area is 102 Å². The van der Waals surface area contributed by atoms with Crippen molar-refractivity contribution in [3.63, 3.8) is 0 Å². The quantitative estimate of drug-likeness (QED) is 0.896. The van der Waals surface area contributed by atoms with E-state index >= 15 is 0 Å². The van der Waals surface area contributed by atoms with Crippen molar-refractivity contribution >= 4 is 0 Å². The number of methoxy groups -OCH3 is 1. The number of benzene rings is 1. The summed E-state index contributed by atoms with van der Waals surface area (Å²) in [6.45, 7) is -0.257. The first kappa shape index (κ1) is 12.1. The molecule has 6 heteroatoms. The van der Waals surface area contributed by atoms with Crippen molar-refractivity contribution in [1.82, 2.24) is 5.16 Å². The van der Waals surface area contributed by atoms with Crippen molar-refractivity contribution in [2.75, 3.05) is 7.11 Å². The molecule has 0 fully saturated rings. The van der Waals surface area contributed by atoms with Gasteiger partial charge in [0.2, 0.25) is 0 Å². The molecule has 0 unspecified atom stereocenters. The molecule has 1 N–H and O–H groups in total. The molecule has 5 nitrogen and oxygen atoms in total. The lowest BCUT2D eigenvalue weighted by Crippen LogP contribution is -1.93. The van der Waals surface area contributed by atoms with Gasteiger partial charge in [0.1, 0.15) is 11.8 Å². The Kier molecular flexibility index (Phi) is 3.26. The Balaban J connectivity index is 2.54. The topological polar surface area (TPSA) is 79.3 Å². The second-order valence-electron chi connectivity index (χ2n) is 3.49. The molecule has 92 valence electrons. The van der Waals surface area contributed by atoms with E-state index < -0.39 is 5.82 Å². The minimum absolute atomic E-state index is 0.0500. The highest BCUT2D eigenvalue weighted by Crippen LogP contribution is 2.29. The first-order valence-electron chi connectivity index (χ1n) is 5.04. The van der Waals surface area contributed by atoms with Crippen LogP contribution in [0.25, 0.3) is 11.3 Å². The van der Waals surface area contributed by atoms with Crippen LogP contribution in [0.3, 0.4) is 0 Å². The van der Waals surface area contributed by atoms with Crippen LogP contribution in [0.2, 0.25) is 0 Å². The number of aliphatic hydroxyl groups is 1. The van der Waals surface area contributed by atoms with E-state index in [4.69, 9.17) is 19.6 Å². The van der Waals surface area contributed by atoms with Gasteiger partial charge in [-0.15, -0.1) is 0 Å². The molecule has 1 heterocycles. The van der Waals surface area contributed by atoms with E-state index in [2.05, 4.69) is 5.16 Å². The van der Waals surface area contributed by atoms with Crippen molar-refractivity contribution < 1.29 is 18.8 Å². The van der Waals surface area contributed by atoms with Crippen molar-refractivity contribution in [3.05, 3.63) is 35.3 Å². The minimum atomic E-state index is -0.717. The molecule has 0 saturated heterocycles. The molecule has 2 aromatic rings. The van der Waals surface area contributed by atoms with E-state index in [-0.39, 0.29) is 17.9 Å². The van der Waals surface area contributed by atoms with Gasteiger partial charge in [-0.25, -0.2) is 4.39 Å². The van der Waals surface area contributed by atoms with Crippen molar-refractivity contribution in [3.8, 4) is 23.1 Å². The van der Waals surface area contributed by atoms with Crippen LogP contribution in [0.4, 0.5) is 4.39 Å². The third-order valence-corrected chi connectivity index (χ3v) is 2.39. The summed E-state index contributed by atoms with van der Waals surface area (Å²) in [6, 6.07) is 5.98. The highest BCUT2D eigenvalue weighted by atomic mass is 19.1. The molecule has 0 saturated carbocycles. The SMILES string of the molecule is COc1cc(-c2cc(CO)no2)cc(C#N)c1F. The van der Waals surface area contributed by atoms with Gasteiger partial charge in [0.05, 0.1) is 19.3 Å². The molecule has 0 spiro atoms. The van der Waals surface area contributed by atoms with Crippen molar-refractivity contribution in [1.29, 1.82) is 5.26 Å². The van der Waals surface area contributed by atoms with Gasteiger partial charge in [0.15, 0.2) is 17.3 Å². The molecule has 18 heavy (non-hydrogen) atoms. The zero-order chi connectivity index (χ0) is 13.1. The van der Waals surface area contributed by atoms with Gasteiger partial charge in [-0.05, 0) is 12.1 Å². The van der Waals surface area contributed by atoms with E-state index in [1.165, 1.54) is 25.3 Å². The van der Waals surface area contributed by atoms with E-state index in [0.29, 0.717) is 17.0 Å². The van der Waals surface area contributed by atoms with E-state index in [9.17, 15) is 4.39 Å². The summed E-state index contributed by atoms with van der Waals surface area (Å²) in [7, 11) is 1.31. The summed E-state index contributed by atoms with van der Waals surface area (Å²) in [5.74, 6) is -0.439. The fraction of sp³-hybridized carbons (Fsp3) is 0.167. The zero-order valence-corrected chi connectivity index (χ0v) is 9.48. The zero-order valence-electron chi connectivity index (χ0n) is 9.48. The van der Waals surface area contributed by atoms with Crippen LogP contribution in [-0.4, -0.2) is 17.4 Å². The third kappa shape index (κ3) is 2.04. The van der Waals surface area contributed by atoms with E-state index in [1.807, 2.05) is 0 Å². The van der Waals surface area contributed by atoms with Crippen LogP contribution in [0, 0.1) is 17.1 Å². The van der Waals surface area contributed by atoms with Crippen LogP contribution in [0.15, 0.2) is 22.7 Å². The maximum Gasteiger partial charge on any atom is 0.182 e. The fourth-order valence-corrected chi connectivity index (χ4v) is 1.49. The number of ether oxygens (including phenoxy) is 1. The Bertz CT molecular complexity index is 616. The number of aliphatic hydroxyl groups excluding tert-OH is 1. The molecular formula is C12H9FN2O3. The second-order valence-corrected chi connectivity index (χ2v) is 3.49. The highest BCUT2D eigenvalue weighted by molar-refractivity contribution is 5.63. The fourth-order valence-electron chi connectivity index (χ4n) is 1.49. The number of rotatable bonds is 3. The van der Waals surface area contributed by atoms with Gasteiger partial charge < -0.3 is 14.4 Å². The van der Waals surface area contributed by atoms with Crippen LogP contribution in [-0.2, 0) is 6.61 Å². The summed E-state index contributed by atoms with van der Waals surface area (Å²) in [5.41, 5.74) is 0.662. The lowest BCUT2D eigenvalue weighted by atomic mass is 10.1. The van der Waals surface area contributed by atoms with Gasteiger partial charge >= 0.3 is 0 Å². The number of nitrogens with zero attached hydrogens (tertiary/aromatic N) is 2. The number of hydrogen-bond donors (Lipinski definition) is 1. The molecule has 0 aliphatic carbocycles. The number of aromatic nitrogens is 1. The maximum absolute atomic E-state index is 13.6. The predicted octanol–water partition coefficient (Wildman–Crippen LogP) is 1.85. The molecule has 2 rings (SSSR count).